The molecule has 1 fully saturated rings. The summed E-state index contributed by atoms with van der Waals surface area (Å²) >= 11 is 0. The zero-order valence-corrected chi connectivity index (χ0v) is 14.2. The molecule has 0 radical (unpaired) electrons. The Balaban J connectivity index is 2.27. The molecule has 21 heavy (non-hydrogen) atoms. The van der Waals surface area contributed by atoms with Crippen molar-refractivity contribution in [2.24, 2.45) is 0 Å². The van der Waals surface area contributed by atoms with Gasteiger partial charge in [-0.15, -0.1) is 0 Å². The predicted octanol–water partition coefficient (Wildman–Crippen LogP) is 2.67. The molecule has 1 aliphatic carbocycles. The summed E-state index contributed by atoms with van der Waals surface area (Å²) < 4.78 is 27.0. The van der Waals surface area contributed by atoms with E-state index in [0.29, 0.717) is 10.9 Å². The second kappa shape index (κ2) is 6.46. The molecule has 4 nitrogen and oxygen atoms in total. The first kappa shape index (κ1) is 16.5. The van der Waals surface area contributed by atoms with Gasteiger partial charge in [0.25, 0.3) is 0 Å². The summed E-state index contributed by atoms with van der Waals surface area (Å²) in [6.45, 7) is 6.58. The minimum Gasteiger partial charge on any atom is -0.310 e. The Morgan fingerprint density at radius 1 is 1.38 bits per heavy atom. The molecule has 0 spiro atoms. The molecule has 0 heterocycles. The van der Waals surface area contributed by atoms with Crippen LogP contribution in [-0.2, 0) is 16.6 Å². The van der Waals surface area contributed by atoms with Gasteiger partial charge in [-0.25, -0.2) is 8.42 Å². The van der Waals surface area contributed by atoms with E-state index < -0.39 is 10.0 Å². The minimum atomic E-state index is -3.42. The lowest BCUT2D eigenvalue weighted by atomic mass is 10.1. The van der Waals surface area contributed by atoms with Crippen LogP contribution in [0.3, 0.4) is 0 Å². The van der Waals surface area contributed by atoms with Crippen molar-refractivity contribution in [1.29, 1.82) is 0 Å². The van der Waals surface area contributed by atoms with Crippen LogP contribution in [0.2, 0.25) is 0 Å². The van der Waals surface area contributed by atoms with Crippen molar-refractivity contribution in [1.82, 2.24) is 9.62 Å². The van der Waals surface area contributed by atoms with Gasteiger partial charge in [0.05, 0.1) is 4.90 Å². The molecule has 1 aromatic carbocycles. The maximum absolute atomic E-state index is 12.8. The molecule has 0 aromatic heterocycles. The Hall–Kier alpha value is -0.910. The second-order valence-corrected chi connectivity index (χ2v) is 7.94. The number of benzene rings is 1. The highest BCUT2D eigenvalue weighted by atomic mass is 32.2. The number of hydrogen-bond acceptors (Lipinski definition) is 3. The van der Waals surface area contributed by atoms with Crippen molar-refractivity contribution < 1.29 is 8.42 Å². The molecular formula is C16H26N2O2S. The largest absolute Gasteiger partial charge is 0.310 e. The monoisotopic (exact) mass is 310 g/mol. The molecule has 0 aliphatic heterocycles. The Morgan fingerprint density at radius 2 is 2.05 bits per heavy atom. The number of hydrogen-bond donors (Lipinski definition) is 1. The van der Waals surface area contributed by atoms with Gasteiger partial charge in [0.2, 0.25) is 10.0 Å². The van der Waals surface area contributed by atoms with Crippen LogP contribution in [0, 0.1) is 6.92 Å². The predicted molar refractivity (Wildman–Crippen MR) is 85.7 cm³/mol. The van der Waals surface area contributed by atoms with E-state index in [9.17, 15) is 8.42 Å². The molecule has 2 rings (SSSR count). The van der Waals surface area contributed by atoms with Crippen LogP contribution in [0.4, 0.5) is 0 Å². The van der Waals surface area contributed by atoms with E-state index in [1.54, 1.807) is 13.1 Å². The Kier molecular flexibility index (Phi) is 5.07. The van der Waals surface area contributed by atoms with Crippen molar-refractivity contribution in [3.05, 3.63) is 29.3 Å². The molecule has 5 heteroatoms. The van der Waals surface area contributed by atoms with Crippen LogP contribution in [0.25, 0.3) is 0 Å². The summed E-state index contributed by atoms with van der Waals surface area (Å²) in [5.41, 5.74) is 1.93. The molecule has 1 saturated carbocycles. The van der Waals surface area contributed by atoms with Crippen molar-refractivity contribution in [2.45, 2.75) is 63.6 Å². The van der Waals surface area contributed by atoms with Crippen LogP contribution in [0.1, 0.15) is 44.2 Å². The molecule has 1 N–H and O–H groups in total. The fourth-order valence-corrected chi connectivity index (χ4v) is 4.02. The molecule has 0 saturated heterocycles. The summed E-state index contributed by atoms with van der Waals surface area (Å²) in [6.07, 6.45) is 3.26. The van der Waals surface area contributed by atoms with Crippen LogP contribution in [-0.4, -0.2) is 31.9 Å². The van der Waals surface area contributed by atoms with Crippen molar-refractivity contribution in [3.63, 3.8) is 0 Å². The van der Waals surface area contributed by atoms with E-state index in [1.807, 2.05) is 32.9 Å². The average molecular weight is 310 g/mol. The van der Waals surface area contributed by atoms with Gasteiger partial charge in [0, 0.05) is 25.7 Å². The maximum atomic E-state index is 12.8. The molecule has 118 valence electrons. The number of sulfonamides is 1. The zero-order chi connectivity index (χ0) is 15.6. The summed E-state index contributed by atoms with van der Waals surface area (Å²) in [5.74, 6) is 0. The fourth-order valence-electron chi connectivity index (χ4n) is 2.32. The second-order valence-electron chi connectivity index (χ2n) is 5.97. The van der Waals surface area contributed by atoms with Gasteiger partial charge in [-0.2, -0.15) is 4.31 Å². The lowest BCUT2D eigenvalue weighted by Gasteiger charge is -2.24. The Bertz CT molecular complexity index is 594. The first-order valence-corrected chi connectivity index (χ1v) is 9.11. The fraction of sp³-hybridized carbons (Fsp3) is 0.625. The zero-order valence-electron chi connectivity index (χ0n) is 13.4. The van der Waals surface area contributed by atoms with Gasteiger partial charge in [-0.1, -0.05) is 19.1 Å². The normalized spacial score (nSPS) is 17.2. The topological polar surface area (TPSA) is 49.4 Å². The van der Waals surface area contributed by atoms with E-state index in [1.165, 1.54) is 17.1 Å². The van der Waals surface area contributed by atoms with Gasteiger partial charge in [0.15, 0.2) is 0 Å². The standard InChI is InChI=1S/C16H26N2O2S/c1-5-12(2)18(4)21(19,20)16-8-6-7-14(13(16)3)11-17-15-9-10-15/h6-8,12,15,17H,5,9-11H2,1-4H3. The Morgan fingerprint density at radius 3 is 2.62 bits per heavy atom. The molecule has 0 bridgehead atoms. The number of nitrogens with zero attached hydrogens (tertiary/aromatic N) is 1. The van der Waals surface area contributed by atoms with E-state index in [-0.39, 0.29) is 6.04 Å². The summed E-state index contributed by atoms with van der Waals surface area (Å²) in [4.78, 5) is 0.431. The smallest absolute Gasteiger partial charge is 0.243 e. The van der Waals surface area contributed by atoms with Gasteiger partial charge >= 0.3 is 0 Å². The average Bonchev–Trinajstić information content (AvgIpc) is 3.28. The van der Waals surface area contributed by atoms with Crippen molar-refractivity contribution in [3.8, 4) is 0 Å². The Labute approximate surface area is 128 Å². The molecule has 1 atom stereocenters. The first-order chi connectivity index (χ1) is 9.87. The highest BCUT2D eigenvalue weighted by molar-refractivity contribution is 7.89. The molecule has 1 unspecified atom stereocenters. The molecule has 1 aliphatic rings. The highest BCUT2D eigenvalue weighted by Crippen LogP contribution is 2.25. The van der Waals surface area contributed by atoms with E-state index in [0.717, 1.165) is 24.1 Å². The van der Waals surface area contributed by atoms with Crippen LogP contribution in [0.5, 0.6) is 0 Å². The summed E-state index contributed by atoms with van der Waals surface area (Å²) in [6, 6.07) is 6.18. The van der Waals surface area contributed by atoms with Crippen molar-refractivity contribution in [2.75, 3.05) is 7.05 Å². The third-order valence-electron chi connectivity index (χ3n) is 4.42. The lowest BCUT2D eigenvalue weighted by Crippen LogP contribution is -2.35. The third kappa shape index (κ3) is 3.65. The maximum Gasteiger partial charge on any atom is 0.243 e. The first-order valence-electron chi connectivity index (χ1n) is 7.67. The number of nitrogens with one attached hydrogen (secondary N) is 1. The van der Waals surface area contributed by atoms with Crippen LogP contribution >= 0.6 is 0 Å². The van der Waals surface area contributed by atoms with Gasteiger partial charge in [-0.05, 0) is 50.3 Å². The molecular weight excluding hydrogens is 284 g/mol. The van der Waals surface area contributed by atoms with Gasteiger partial charge in [0.1, 0.15) is 0 Å². The van der Waals surface area contributed by atoms with E-state index >= 15 is 0 Å². The van der Waals surface area contributed by atoms with Crippen molar-refractivity contribution >= 4 is 10.0 Å². The van der Waals surface area contributed by atoms with E-state index in [2.05, 4.69) is 5.32 Å². The quantitative estimate of drug-likeness (QED) is 0.842. The number of rotatable bonds is 7. The summed E-state index contributed by atoms with van der Waals surface area (Å²) in [5, 5.41) is 3.45. The SMILES string of the molecule is CCC(C)N(C)S(=O)(=O)c1cccc(CNC2CC2)c1C. The van der Waals surface area contributed by atoms with Crippen LogP contribution < -0.4 is 5.32 Å². The minimum absolute atomic E-state index is 0.00245. The highest BCUT2D eigenvalue weighted by Gasteiger charge is 2.27. The molecule has 1 aromatic rings. The van der Waals surface area contributed by atoms with Gasteiger partial charge in [-0.3, -0.25) is 0 Å². The molecule has 0 amide bonds. The van der Waals surface area contributed by atoms with E-state index in [4.69, 9.17) is 0 Å². The van der Waals surface area contributed by atoms with Gasteiger partial charge < -0.3 is 5.32 Å². The summed E-state index contributed by atoms with van der Waals surface area (Å²) in [7, 11) is -1.76. The lowest BCUT2D eigenvalue weighted by molar-refractivity contribution is 0.380. The van der Waals surface area contributed by atoms with Crippen LogP contribution in [0.15, 0.2) is 23.1 Å². The third-order valence-corrected chi connectivity index (χ3v) is 6.54.